The molecular weight excluding hydrogens is 284 g/mol. The Kier molecular flexibility index (Phi) is 4.30. The fourth-order valence-corrected chi connectivity index (χ4v) is 2.61. The van der Waals surface area contributed by atoms with E-state index in [1.807, 2.05) is 50.2 Å². The van der Waals surface area contributed by atoms with Crippen LogP contribution in [-0.4, -0.2) is 20.7 Å². The Morgan fingerprint density at radius 1 is 0.957 bits per heavy atom. The van der Waals surface area contributed by atoms with Gasteiger partial charge in [0.15, 0.2) is 0 Å². The maximum Gasteiger partial charge on any atom is 0.110 e. The molecule has 0 fully saturated rings. The van der Waals surface area contributed by atoms with E-state index in [-0.39, 0.29) is 0 Å². The summed E-state index contributed by atoms with van der Waals surface area (Å²) in [6.45, 7) is 3.83. The zero-order valence-corrected chi connectivity index (χ0v) is 13.6. The number of benzene rings is 2. The molecule has 23 heavy (non-hydrogen) atoms. The topological polar surface area (TPSA) is 48.9 Å². The number of hydrogen-bond acceptors (Lipinski definition) is 2. The molecule has 0 saturated heterocycles. The Balaban J connectivity index is 2.08. The summed E-state index contributed by atoms with van der Waals surface area (Å²) in [4.78, 5) is 8.19. The molecule has 0 amide bonds. The summed E-state index contributed by atoms with van der Waals surface area (Å²) < 4.78 is 0. The molecule has 0 aliphatic rings. The number of nitrogens with one attached hydrogen (secondary N) is 1. The van der Waals surface area contributed by atoms with Crippen molar-refractivity contribution in [1.29, 1.82) is 0 Å². The zero-order valence-electron chi connectivity index (χ0n) is 13.6. The van der Waals surface area contributed by atoms with Gasteiger partial charge in [-0.2, -0.15) is 0 Å². The highest BCUT2D eigenvalue weighted by molar-refractivity contribution is 5.78. The van der Waals surface area contributed by atoms with Gasteiger partial charge in [0.2, 0.25) is 0 Å². The normalized spacial score (nSPS) is 13.7. The van der Waals surface area contributed by atoms with Gasteiger partial charge in [0, 0.05) is 17.5 Å². The summed E-state index contributed by atoms with van der Waals surface area (Å²) in [6, 6.07) is 20.3. The lowest BCUT2D eigenvalue weighted by Crippen LogP contribution is -2.26. The van der Waals surface area contributed by atoms with Gasteiger partial charge in [-0.15, -0.1) is 0 Å². The van der Waals surface area contributed by atoms with Crippen molar-refractivity contribution in [2.24, 2.45) is 0 Å². The Morgan fingerprint density at radius 3 is 2.09 bits per heavy atom. The third-order valence-electron chi connectivity index (χ3n) is 4.17. The molecule has 3 heteroatoms. The Morgan fingerprint density at radius 2 is 1.52 bits per heavy atom. The largest absolute Gasteiger partial charge is 0.390 e. The van der Waals surface area contributed by atoms with Gasteiger partial charge in [-0.05, 0) is 13.3 Å². The quantitative estimate of drug-likeness (QED) is 0.731. The second-order valence-electron chi connectivity index (χ2n) is 6.17. The summed E-state index contributed by atoms with van der Waals surface area (Å²) in [5, 5.41) is 10.4. The minimum atomic E-state index is -0.750. The summed E-state index contributed by atoms with van der Waals surface area (Å²) in [7, 11) is 0. The molecule has 1 heterocycles. The van der Waals surface area contributed by atoms with Crippen LogP contribution in [0.1, 0.15) is 26.1 Å². The van der Waals surface area contributed by atoms with Crippen LogP contribution in [0.15, 0.2) is 60.7 Å². The van der Waals surface area contributed by atoms with Crippen LogP contribution in [0, 0.1) is 0 Å². The fraction of sp³-hybridized carbons (Fsp3) is 0.250. The SMILES string of the molecule is CCC(C)(O)Cc1nc(-c2ccccc2)c(-c2ccccc2)[nH]1. The Labute approximate surface area is 137 Å². The molecule has 3 nitrogen and oxygen atoms in total. The number of imidazole rings is 1. The van der Waals surface area contributed by atoms with Crippen molar-refractivity contribution in [2.75, 3.05) is 0 Å². The van der Waals surface area contributed by atoms with Gasteiger partial charge in [0.1, 0.15) is 5.82 Å². The van der Waals surface area contributed by atoms with E-state index >= 15 is 0 Å². The first kappa shape index (κ1) is 15.5. The molecule has 3 aromatic rings. The average molecular weight is 306 g/mol. The minimum Gasteiger partial charge on any atom is -0.390 e. The van der Waals surface area contributed by atoms with Crippen LogP contribution >= 0.6 is 0 Å². The van der Waals surface area contributed by atoms with Gasteiger partial charge in [0.25, 0.3) is 0 Å². The van der Waals surface area contributed by atoms with Gasteiger partial charge >= 0.3 is 0 Å². The Hall–Kier alpha value is -2.39. The lowest BCUT2D eigenvalue weighted by molar-refractivity contribution is 0.0546. The molecule has 0 saturated carbocycles. The summed E-state index contributed by atoms with van der Waals surface area (Å²) in [6.07, 6.45) is 1.20. The molecule has 1 atom stereocenters. The number of aliphatic hydroxyl groups is 1. The van der Waals surface area contributed by atoms with Crippen molar-refractivity contribution in [3.05, 3.63) is 66.5 Å². The van der Waals surface area contributed by atoms with Crippen molar-refractivity contribution >= 4 is 0 Å². The molecule has 0 radical (unpaired) electrons. The number of rotatable bonds is 5. The number of aromatic nitrogens is 2. The summed E-state index contributed by atoms with van der Waals surface area (Å²) in [5.74, 6) is 0.814. The smallest absolute Gasteiger partial charge is 0.110 e. The Bertz CT molecular complexity index is 704. The van der Waals surface area contributed by atoms with Crippen LogP contribution in [0.25, 0.3) is 22.5 Å². The first-order valence-electron chi connectivity index (χ1n) is 8.01. The van der Waals surface area contributed by atoms with E-state index < -0.39 is 5.60 Å². The maximum atomic E-state index is 10.4. The number of hydrogen-bond donors (Lipinski definition) is 2. The standard InChI is InChI=1S/C20H22N2O/c1-3-20(2,23)14-17-21-18(15-10-6-4-7-11-15)19(22-17)16-12-8-5-9-13-16/h4-13,23H,3,14H2,1-2H3,(H,21,22). The molecule has 0 spiro atoms. The lowest BCUT2D eigenvalue weighted by atomic mass is 9.99. The second kappa shape index (κ2) is 6.39. The van der Waals surface area contributed by atoms with E-state index in [0.29, 0.717) is 12.8 Å². The molecule has 0 bridgehead atoms. The number of nitrogens with zero attached hydrogens (tertiary/aromatic N) is 1. The van der Waals surface area contributed by atoms with Crippen LogP contribution in [0.4, 0.5) is 0 Å². The second-order valence-corrected chi connectivity index (χ2v) is 6.17. The molecule has 0 aliphatic heterocycles. The molecule has 3 rings (SSSR count). The third kappa shape index (κ3) is 3.51. The highest BCUT2D eigenvalue weighted by Gasteiger charge is 2.22. The van der Waals surface area contributed by atoms with Gasteiger partial charge in [-0.3, -0.25) is 0 Å². The lowest BCUT2D eigenvalue weighted by Gasteiger charge is -2.19. The van der Waals surface area contributed by atoms with Crippen LogP contribution in [-0.2, 0) is 6.42 Å². The van der Waals surface area contributed by atoms with E-state index in [2.05, 4.69) is 29.2 Å². The molecule has 118 valence electrons. The van der Waals surface area contributed by atoms with Crippen molar-refractivity contribution in [1.82, 2.24) is 9.97 Å². The molecular formula is C20H22N2O. The van der Waals surface area contributed by atoms with E-state index in [0.717, 1.165) is 28.3 Å². The van der Waals surface area contributed by atoms with E-state index in [4.69, 9.17) is 4.98 Å². The highest BCUT2D eigenvalue weighted by atomic mass is 16.3. The molecule has 2 aromatic carbocycles. The predicted octanol–water partition coefficient (Wildman–Crippen LogP) is 4.45. The third-order valence-corrected chi connectivity index (χ3v) is 4.17. The van der Waals surface area contributed by atoms with Crippen molar-refractivity contribution in [2.45, 2.75) is 32.3 Å². The van der Waals surface area contributed by atoms with Crippen LogP contribution in [0.5, 0.6) is 0 Å². The van der Waals surface area contributed by atoms with Crippen molar-refractivity contribution in [3.8, 4) is 22.5 Å². The highest BCUT2D eigenvalue weighted by Crippen LogP contribution is 2.31. The predicted molar refractivity (Wildman–Crippen MR) is 94.1 cm³/mol. The minimum absolute atomic E-state index is 0.510. The fourth-order valence-electron chi connectivity index (χ4n) is 2.61. The monoisotopic (exact) mass is 306 g/mol. The van der Waals surface area contributed by atoms with Gasteiger partial charge in [0.05, 0.1) is 17.0 Å². The molecule has 0 aliphatic carbocycles. The first-order valence-corrected chi connectivity index (χ1v) is 8.01. The van der Waals surface area contributed by atoms with Crippen molar-refractivity contribution in [3.63, 3.8) is 0 Å². The molecule has 2 N–H and O–H groups in total. The summed E-state index contributed by atoms with van der Waals surface area (Å²) in [5.41, 5.74) is 3.35. The first-order chi connectivity index (χ1) is 11.1. The molecule has 1 aromatic heterocycles. The van der Waals surface area contributed by atoms with Crippen LogP contribution in [0.2, 0.25) is 0 Å². The molecule has 1 unspecified atom stereocenters. The maximum absolute atomic E-state index is 10.4. The van der Waals surface area contributed by atoms with Gasteiger partial charge in [-0.25, -0.2) is 4.98 Å². The zero-order chi connectivity index (χ0) is 16.3. The van der Waals surface area contributed by atoms with E-state index in [1.54, 1.807) is 0 Å². The van der Waals surface area contributed by atoms with Crippen LogP contribution < -0.4 is 0 Å². The van der Waals surface area contributed by atoms with E-state index in [9.17, 15) is 5.11 Å². The van der Waals surface area contributed by atoms with Gasteiger partial charge < -0.3 is 10.1 Å². The van der Waals surface area contributed by atoms with E-state index in [1.165, 1.54) is 0 Å². The van der Waals surface area contributed by atoms with Crippen molar-refractivity contribution < 1.29 is 5.11 Å². The van der Waals surface area contributed by atoms with Gasteiger partial charge in [-0.1, -0.05) is 67.6 Å². The average Bonchev–Trinajstić information content (AvgIpc) is 2.99. The summed E-state index contributed by atoms with van der Waals surface area (Å²) >= 11 is 0. The number of H-pyrrole nitrogens is 1. The number of aromatic amines is 1. The van der Waals surface area contributed by atoms with Crippen LogP contribution in [0.3, 0.4) is 0 Å².